The van der Waals surface area contributed by atoms with Crippen molar-refractivity contribution in [2.24, 2.45) is 0 Å². The molecule has 0 spiro atoms. The normalized spacial score (nSPS) is 12.5. The molecule has 0 saturated heterocycles. The molecule has 1 N–H and O–H groups in total. The van der Waals surface area contributed by atoms with Crippen LogP contribution in [0.1, 0.15) is 0 Å². The molecule has 1 rings (SSSR count). The van der Waals surface area contributed by atoms with Crippen molar-refractivity contribution in [3.05, 3.63) is 29.3 Å². The lowest BCUT2D eigenvalue weighted by Crippen LogP contribution is -2.09. The van der Waals surface area contributed by atoms with E-state index in [1.807, 2.05) is 0 Å². The number of thioether (sulfide) groups is 1. The molecular formula is C8H6ClFO2S. The topological polar surface area (TPSA) is 37.3 Å². The van der Waals surface area contributed by atoms with E-state index < -0.39 is 11.5 Å². The number of benzene rings is 1. The van der Waals surface area contributed by atoms with E-state index in [1.165, 1.54) is 0 Å². The van der Waals surface area contributed by atoms with Gasteiger partial charge in [-0.3, -0.25) is 0 Å². The second kappa shape index (κ2) is 4.48. The molecule has 0 aliphatic rings. The van der Waals surface area contributed by atoms with Gasteiger partial charge in [-0.05, 0) is 24.3 Å². The zero-order valence-electron chi connectivity index (χ0n) is 6.41. The van der Waals surface area contributed by atoms with E-state index in [4.69, 9.17) is 16.7 Å². The Morgan fingerprint density at radius 1 is 1.46 bits per heavy atom. The molecular weight excluding hydrogens is 215 g/mol. The number of carboxylic acid groups (broad SMARTS) is 1. The van der Waals surface area contributed by atoms with Crippen molar-refractivity contribution in [3.8, 4) is 0 Å². The van der Waals surface area contributed by atoms with E-state index in [0.29, 0.717) is 21.7 Å². The Bertz CT molecular complexity index is 302. The van der Waals surface area contributed by atoms with Gasteiger partial charge in [-0.15, -0.1) is 0 Å². The first kappa shape index (κ1) is 10.3. The predicted octanol–water partition coefficient (Wildman–Crippen LogP) is 2.81. The summed E-state index contributed by atoms with van der Waals surface area (Å²) in [7, 11) is 0. The van der Waals surface area contributed by atoms with Gasteiger partial charge in [0.25, 0.3) is 0 Å². The van der Waals surface area contributed by atoms with Crippen molar-refractivity contribution in [2.45, 2.75) is 10.4 Å². The number of carboxylic acids is 1. The first-order valence-electron chi connectivity index (χ1n) is 3.38. The van der Waals surface area contributed by atoms with Crippen LogP contribution in [0.15, 0.2) is 29.2 Å². The van der Waals surface area contributed by atoms with Crippen molar-refractivity contribution in [1.29, 1.82) is 0 Å². The van der Waals surface area contributed by atoms with Gasteiger partial charge in [-0.25, -0.2) is 9.18 Å². The lowest BCUT2D eigenvalue weighted by atomic mass is 10.4. The third-order valence-electron chi connectivity index (χ3n) is 1.25. The summed E-state index contributed by atoms with van der Waals surface area (Å²) in [6.07, 6.45) is 0. The highest BCUT2D eigenvalue weighted by atomic mass is 35.5. The molecule has 0 saturated carbocycles. The summed E-state index contributed by atoms with van der Waals surface area (Å²) in [6.45, 7) is 0. The molecule has 70 valence electrons. The average Bonchev–Trinajstić information content (AvgIpc) is 2.08. The van der Waals surface area contributed by atoms with Crippen molar-refractivity contribution in [1.82, 2.24) is 0 Å². The highest BCUT2D eigenvalue weighted by Crippen LogP contribution is 2.25. The van der Waals surface area contributed by atoms with Gasteiger partial charge >= 0.3 is 5.97 Å². The summed E-state index contributed by atoms with van der Waals surface area (Å²) in [4.78, 5) is 10.7. The van der Waals surface area contributed by atoms with Crippen LogP contribution >= 0.6 is 23.4 Å². The number of aliphatic carboxylic acids is 1. The van der Waals surface area contributed by atoms with Crippen molar-refractivity contribution >= 4 is 29.3 Å². The second-order valence-corrected chi connectivity index (χ2v) is 3.78. The van der Waals surface area contributed by atoms with Crippen LogP contribution in [-0.2, 0) is 4.79 Å². The maximum atomic E-state index is 12.6. The monoisotopic (exact) mass is 220 g/mol. The highest BCUT2D eigenvalue weighted by Gasteiger charge is 2.16. The average molecular weight is 221 g/mol. The third-order valence-corrected chi connectivity index (χ3v) is 2.45. The van der Waals surface area contributed by atoms with Gasteiger partial charge in [0.05, 0.1) is 0 Å². The lowest BCUT2D eigenvalue weighted by molar-refractivity contribution is -0.139. The molecule has 1 aromatic rings. The molecule has 0 amide bonds. The molecule has 1 unspecified atom stereocenters. The number of carbonyl (C=O) groups is 1. The minimum atomic E-state index is -1.93. The molecule has 0 aromatic heterocycles. The van der Waals surface area contributed by atoms with Crippen LogP contribution in [0.25, 0.3) is 0 Å². The summed E-state index contributed by atoms with van der Waals surface area (Å²) in [5.41, 5.74) is -1.93. The smallest absolute Gasteiger partial charge is 0.349 e. The number of hydrogen-bond acceptors (Lipinski definition) is 2. The molecule has 5 heteroatoms. The predicted molar refractivity (Wildman–Crippen MR) is 49.8 cm³/mol. The molecule has 0 heterocycles. The third kappa shape index (κ3) is 3.24. The van der Waals surface area contributed by atoms with Crippen molar-refractivity contribution < 1.29 is 14.3 Å². The van der Waals surface area contributed by atoms with Gasteiger partial charge in [0.2, 0.25) is 5.50 Å². The zero-order chi connectivity index (χ0) is 9.84. The summed E-state index contributed by atoms with van der Waals surface area (Å²) < 4.78 is 12.6. The van der Waals surface area contributed by atoms with Crippen molar-refractivity contribution in [3.63, 3.8) is 0 Å². The Labute approximate surface area is 83.7 Å². The van der Waals surface area contributed by atoms with Crippen LogP contribution in [0.4, 0.5) is 4.39 Å². The quantitative estimate of drug-likeness (QED) is 0.796. The Balaban J connectivity index is 2.64. The molecule has 0 fully saturated rings. The largest absolute Gasteiger partial charge is 0.478 e. The Morgan fingerprint density at radius 3 is 2.46 bits per heavy atom. The van der Waals surface area contributed by atoms with Crippen LogP contribution < -0.4 is 0 Å². The van der Waals surface area contributed by atoms with Crippen LogP contribution in [0, 0.1) is 0 Å². The molecule has 0 aliphatic carbocycles. The Hall–Kier alpha value is -0.740. The lowest BCUT2D eigenvalue weighted by Gasteiger charge is -2.02. The van der Waals surface area contributed by atoms with Gasteiger partial charge in [-0.2, -0.15) is 0 Å². The first-order chi connectivity index (χ1) is 6.09. The molecule has 0 bridgehead atoms. The number of halogens is 2. The summed E-state index contributed by atoms with van der Waals surface area (Å²) in [6, 6.07) is 6.31. The molecule has 1 atom stereocenters. The minimum Gasteiger partial charge on any atom is -0.478 e. The van der Waals surface area contributed by atoms with E-state index in [9.17, 15) is 9.18 Å². The van der Waals surface area contributed by atoms with E-state index >= 15 is 0 Å². The zero-order valence-corrected chi connectivity index (χ0v) is 7.98. The van der Waals surface area contributed by atoms with Gasteiger partial charge < -0.3 is 5.11 Å². The van der Waals surface area contributed by atoms with Gasteiger partial charge in [-0.1, -0.05) is 23.4 Å². The Kier molecular flexibility index (Phi) is 3.57. The minimum absolute atomic E-state index is 0.537. The summed E-state index contributed by atoms with van der Waals surface area (Å²) in [5, 5.41) is 8.81. The van der Waals surface area contributed by atoms with Crippen LogP contribution in [0.5, 0.6) is 0 Å². The van der Waals surface area contributed by atoms with E-state index in [2.05, 4.69) is 0 Å². The molecule has 2 nitrogen and oxygen atoms in total. The van der Waals surface area contributed by atoms with Gasteiger partial charge in [0, 0.05) is 9.92 Å². The molecule has 0 aliphatic heterocycles. The SMILES string of the molecule is O=C(O)C(F)Sc1ccc(Cl)cc1. The van der Waals surface area contributed by atoms with Crippen LogP contribution in [0.3, 0.4) is 0 Å². The molecule has 0 radical (unpaired) electrons. The maximum absolute atomic E-state index is 12.6. The standard InChI is InChI=1S/C8H6ClFO2S/c9-5-1-3-6(4-2-5)13-7(10)8(11)12/h1-4,7H,(H,11,12). The van der Waals surface area contributed by atoms with E-state index in [1.54, 1.807) is 24.3 Å². The fraction of sp³-hybridized carbons (Fsp3) is 0.125. The number of rotatable bonds is 3. The van der Waals surface area contributed by atoms with Gasteiger partial charge in [0.1, 0.15) is 0 Å². The van der Waals surface area contributed by atoms with E-state index in [-0.39, 0.29) is 0 Å². The summed E-state index contributed by atoms with van der Waals surface area (Å²) >= 11 is 6.23. The summed E-state index contributed by atoms with van der Waals surface area (Å²) in [5.74, 6) is -1.47. The molecule has 1 aromatic carbocycles. The van der Waals surface area contributed by atoms with Crippen molar-refractivity contribution in [2.75, 3.05) is 0 Å². The fourth-order valence-electron chi connectivity index (χ4n) is 0.683. The van der Waals surface area contributed by atoms with E-state index in [0.717, 1.165) is 0 Å². The number of hydrogen-bond donors (Lipinski definition) is 1. The van der Waals surface area contributed by atoms with Gasteiger partial charge in [0.15, 0.2) is 0 Å². The van der Waals surface area contributed by atoms with Crippen LogP contribution in [-0.4, -0.2) is 16.6 Å². The first-order valence-corrected chi connectivity index (χ1v) is 4.64. The second-order valence-electron chi connectivity index (χ2n) is 2.23. The molecule has 13 heavy (non-hydrogen) atoms. The fourth-order valence-corrected chi connectivity index (χ4v) is 1.44. The van der Waals surface area contributed by atoms with Crippen LogP contribution in [0.2, 0.25) is 5.02 Å². The Morgan fingerprint density at radius 2 is 2.00 bits per heavy atom. The maximum Gasteiger partial charge on any atom is 0.349 e. The highest BCUT2D eigenvalue weighted by molar-refractivity contribution is 8.00. The number of alkyl halides is 1.